The second-order valence-corrected chi connectivity index (χ2v) is 6.21. The standard InChI is InChI=1S/C17H28N2O/c1-4-17(20)15-5-7-16(8-6-15)19-11-9-14(10-12-19)13-18(2)3/h5-8,14,17,20H,4,9-13H2,1-3H3. The highest BCUT2D eigenvalue weighted by molar-refractivity contribution is 5.48. The van der Waals surface area contributed by atoms with E-state index in [9.17, 15) is 5.11 Å². The van der Waals surface area contributed by atoms with Crippen molar-refractivity contribution in [1.29, 1.82) is 0 Å². The molecule has 0 aromatic heterocycles. The van der Waals surface area contributed by atoms with Crippen LogP contribution in [0.3, 0.4) is 0 Å². The van der Waals surface area contributed by atoms with Crippen molar-refractivity contribution in [3.8, 4) is 0 Å². The monoisotopic (exact) mass is 276 g/mol. The lowest BCUT2D eigenvalue weighted by Gasteiger charge is -2.34. The van der Waals surface area contributed by atoms with E-state index in [4.69, 9.17) is 0 Å². The molecule has 1 saturated heterocycles. The third-order valence-corrected chi connectivity index (χ3v) is 4.27. The average molecular weight is 276 g/mol. The maximum Gasteiger partial charge on any atom is 0.0787 e. The maximum absolute atomic E-state index is 9.83. The molecule has 1 aromatic rings. The molecule has 1 aliphatic heterocycles. The molecule has 112 valence electrons. The zero-order valence-electron chi connectivity index (χ0n) is 13.0. The van der Waals surface area contributed by atoms with Gasteiger partial charge in [0.1, 0.15) is 0 Å². The van der Waals surface area contributed by atoms with E-state index in [-0.39, 0.29) is 6.10 Å². The van der Waals surface area contributed by atoms with Gasteiger partial charge in [0.15, 0.2) is 0 Å². The van der Waals surface area contributed by atoms with Gasteiger partial charge in [-0.05, 0) is 57.0 Å². The van der Waals surface area contributed by atoms with E-state index in [0.29, 0.717) is 0 Å². The number of aliphatic hydroxyl groups is 1. The van der Waals surface area contributed by atoms with Crippen LogP contribution in [0.25, 0.3) is 0 Å². The van der Waals surface area contributed by atoms with E-state index in [1.165, 1.54) is 25.1 Å². The van der Waals surface area contributed by atoms with E-state index >= 15 is 0 Å². The summed E-state index contributed by atoms with van der Waals surface area (Å²) in [6.07, 6.45) is 3.00. The lowest BCUT2D eigenvalue weighted by Crippen LogP contribution is -2.37. The molecule has 2 rings (SSSR count). The first kappa shape index (κ1) is 15.3. The zero-order chi connectivity index (χ0) is 14.5. The van der Waals surface area contributed by atoms with Crippen LogP contribution in [0.4, 0.5) is 5.69 Å². The first-order valence-electron chi connectivity index (χ1n) is 7.78. The quantitative estimate of drug-likeness (QED) is 0.896. The van der Waals surface area contributed by atoms with Crippen molar-refractivity contribution < 1.29 is 5.11 Å². The number of benzene rings is 1. The minimum atomic E-state index is -0.324. The van der Waals surface area contributed by atoms with Crippen LogP contribution in [-0.4, -0.2) is 43.7 Å². The molecule has 1 N–H and O–H groups in total. The SMILES string of the molecule is CCC(O)c1ccc(N2CCC(CN(C)C)CC2)cc1. The van der Waals surface area contributed by atoms with Gasteiger partial charge in [-0.2, -0.15) is 0 Å². The van der Waals surface area contributed by atoms with Crippen molar-refractivity contribution in [2.45, 2.75) is 32.3 Å². The number of aliphatic hydroxyl groups excluding tert-OH is 1. The van der Waals surface area contributed by atoms with E-state index in [2.05, 4.69) is 48.2 Å². The van der Waals surface area contributed by atoms with Crippen molar-refractivity contribution in [3.63, 3.8) is 0 Å². The fraction of sp³-hybridized carbons (Fsp3) is 0.647. The molecular weight excluding hydrogens is 248 g/mol. The van der Waals surface area contributed by atoms with Gasteiger partial charge < -0.3 is 14.9 Å². The van der Waals surface area contributed by atoms with Gasteiger partial charge in [-0.1, -0.05) is 19.1 Å². The second-order valence-electron chi connectivity index (χ2n) is 6.21. The lowest BCUT2D eigenvalue weighted by molar-refractivity contribution is 0.173. The Labute approximate surface area is 123 Å². The van der Waals surface area contributed by atoms with Crippen molar-refractivity contribution in [2.24, 2.45) is 5.92 Å². The van der Waals surface area contributed by atoms with E-state index in [0.717, 1.165) is 31.0 Å². The normalized spacial score (nSPS) is 18.6. The van der Waals surface area contributed by atoms with Gasteiger partial charge in [-0.3, -0.25) is 0 Å². The fourth-order valence-electron chi connectivity index (χ4n) is 3.03. The fourth-order valence-corrected chi connectivity index (χ4v) is 3.03. The molecule has 1 aliphatic rings. The summed E-state index contributed by atoms with van der Waals surface area (Å²) >= 11 is 0. The maximum atomic E-state index is 9.83. The molecule has 1 fully saturated rings. The van der Waals surface area contributed by atoms with Gasteiger partial charge in [-0.15, -0.1) is 0 Å². The summed E-state index contributed by atoms with van der Waals surface area (Å²) in [4.78, 5) is 4.76. The Morgan fingerprint density at radius 1 is 1.20 bits per heavy atom. The highest BCUT2D eigenvalue weighted by atomic mass is 16.3. The van der Waals surface area contributed by atoms with Crippen LogP contribution in [0, 0.1) is 5.92 Å². The number of rotatable bonds is 5. The van der Waals surface area contributed by atoms with E-state index in [1.54, 1.807) is 0 Å². The molecule has 0 saturated carbocycles. The Kier molecular flexibility index (Phi) is 5.44. The summed E-state index contributed by atoms with van der Waals surface area (Å²) in [7, 11) is 4.31. The van der Waals surface area contributed by atoms with Gasteiger partial charge in [0, 0.05) is 25.3 Å². The minimum Gasteiger partial charge on any atom is -0.388 e. The Balaban J connectivity index is 1.90. The molecule has 0 spiro atoms. The first-order valence-corrected chi connectivity index (χ1v) is 7.78. The van der Waals surface area contributed by atoms with Crippen molar-refractivity contribution in [3.05, 3.63) is 29.8 Å². The van der Waals surface area contributed by atoms with Crippen LogP contribution in [0.5, 0.6) is 0 Å². The van der Waals surface area contributed by atoms with E-state index < -0.39 is 0 Å². The average Bonchev–Trinajstić information content (AvgIpc) is 2.47. The molecule has 0 bridgehead atoms. The Bertz CT molecular complexity index is 394. The topological polar surface area (TPSA) is 26.7 Å². The highest BCUT2D eigenvalue weighted by Gasteiger charge is 2.19. The summed E-state index contributed by atoms with van der Waals surface area (Å²) in [6, 6.07) is 8.44. The van der Waals surface area contributed by atoms with E-state index in [1.807, 2.05) is 6.92 Å². The summed E-state index contributed by atoms with van der Waals surface area (Å²) in [5, 5.41) is 9.83. The molecule has 1 unspecified atom stereocenters. The van der Waals surface area contributed by atoms with Gasteiger partial charge in [-0.25, -0.2) is 0 Å². The van der Waals surface area contributed by atoms with Gasteiger partial charge in [0.05, 0.1) is 6.10 Å². The zero-order valence-corrected chi connectivity index (χ0v) is 13.0. The minimum absolute atomic E-state index is 0.324. The number of hydrogen-bond acceptors (Lipinski definition) is 3. The Hall–Kier alpha value is -1.06. The number of piperidine rings is 1. The van der Waals surface area contributed by atoms with Crippen molar-refractivity contribution >= 4 is 5.69 Å². The Morgan fingerprint density at radius 3 is 2.30 bits per heavy atom. The summed E-state index contributed by atoms with van der Waals surface area (Å²) in [5.41, 5.74) is 2.32. The van der Waals surface area contributed by atoms with Crippen LogP contribution >= 0.6 is 0 Å². The molecule has 3 heteroatoms. The molecule has 1 aromatic carbocycles. The van der Waals surface area contributed by atoms with Crippen molar-refractivity contribution in [2.75, 3.05) is 38.6 Å². The number of anilines is 1. The molecule has 0 radical (unpaired) electrons. The van der Waals surface area contributed by atoms with Gasteiger partial charge >= 0.3 is 0 Å². The summed E-state index contributed by atoms with van der Waals surface area (Å²) in [5.74, 6) is 0.836. The van der Waals surface area contributed by atoms with Crippen LogP contribution in [0.2, 0.25) is 0 Å². The number of hydrogen-bond donors (Lipinski definition) is 1. The molecule has 3 nitrogen and oxygen atoms in total. The highest BCUT2D eigenvalue weighted by Crippen LogP contribution is 2.25. The van der Waals surface area contributed by atoms with Crippen LogP contribution in [-0.2, 0) is 0 Å². The van der Waals surface area contributed by atoms with Crippen LogP contribution in [0.15, 0.2) is 24.3 Å². The predicted octanol–water partition coefficient (Wildman–Crippen LogP) is 2.91. The van der Waals surface area contributed by atoms with Crippen LogP contribution in [0.1, 0.15) is 37.9 Å². The molecule has 1 heterocycles. The largest absolute Gasteiger partial charge is 0.388 e. The van der Waals surface area contributed by atoms with Gasteiger partial charge in [0.25, 0.3) is 0 Å². The summed E-state index contributed by atoms with van der Waals surface area (Å²) < 4.78 is 0. The molecule has 20 heavy (non-hydrogen) atoms. The molecule has 1 atom stereocenters. The summed E-state index contributed by atoms with van der Waals surface area (Å²) in [6.45, 7) is 5.51. The smallest absolute Gasteiger partial charge is 0.0787 e. The third kappa shape index (κ3) is 3.97. The Morgan fingerprint density at radius 2 is 1.80 bits per heavy atom. The molecule has 0 aliphatic carbocycles. The second kappa shape index (κ2) is 7.09. The molecular formula is C17H28N2O. The first-order chi connectivity index (χ1) is 9.60. The number of nitrogens with zero attached hydrogens (tertiary/aromatic N) is 2. The predicted molar refractivity (Wildman–Crippen MR) is 85.2 cm³/mol. The molecule has 0 amide bonds. The lowest BCUT2D eigenvalue weighted by atomic mass is 9.96. The van der Waals surface area contributed by atoms with Gasteiger partial charge in [0.2, 0.25) is 0 Å². The van der Waals surface area contributed by atoms with Crippen LogP contribution < -0.4 is 4.90 Å². The van der Waals surface area contributed by atoms with Crippen molar-refractivity contribution in [1.82, 2.24) is 4.90 Å². The third-order valence-electron chi connectivity index (χ3n) is 4.27.